The number of ether oxygens (including phenoxy) is 1. The van der Waals surface area contributed by atoms with Gasteiger partial charge in [0.2, 0.25) is 0 Å². The molecule has 8 heteroatoms. The number of carbonyl (C=O) groups is 1. The van der Waals surface area contributed by atoms with Crippen LogP contribution in [-0.2, 0) is 9.53 Å². The van der Waals surface area contributed by atoms with E-state index >= 15 is 0 Å². The SMILES string of the molecule is C[C@H]1C[C@@H](O)C[C@@H](O)C/C=C/[C@@H](O)C/C=C/[C@@H](O)C[C@@H](O)C[C@@H](O)C/C=C/C=C/C=C/C=C/C=C/C=C/CCC(=O)O1. The Balaban J connectivity index is 2.71. The van der Waals surface area contributed by atoms with Gasteiger partial charge in [-0.05, 0) is 45.4 Å². The van der Waals surface area contributed by atoms with Crippen LogP contribution in [0, 0.1) is 0 Å². The van der Waals surface area contributed by atoms with Crippen molar-refractivity contribution in [3.63, 3.8) is 0 Å². The number of hydrogen-bond acceptors (Lipinski definition) is 8. The highest BCUT2D eigenvalue weighted by Gasteiger charge is 2.17. The third kappa shape index (κ3) is 21.8. The summed E-state index contributed by atoms with van der Waals surface area (Å²) >= 11 is 0. The van der Waals surface area contributed by atoms with Gasteiger partial charge in [0.25, 0.3) is 0 Å². The largest absolute Gasteiger partial charge is 0.463 e. The second-order valence-corrected chi connectivity index (χ2v) is 10.5. The lowest BCUT2D eigenvalue weighted by Crippen LogP contribution is -2.24. The Morgan fingerprint density at radius 3 is 1.64 bits per heavy atom. The van der Waals surface area contributed by atoms with Crippen LogP contribution >= 0.6 is 0 Å². The monoisotopic (exact) mass is 586 g/mol. The Hall–Kier alpha value is -2.85. The summed E-state index contributed by atoms with van der Waals surface area (Å²) in [7, 11) is 0. The van der Waals surface area contributed by atoms with Crippen molar-refractivity contribution < 1.29 is 40.2 Å². The van der Waals surface area contributed by atoms with Gasteiger partial charge in [0, 0.05) is 19.3 Å². The highest BCUT2D eigenvalue weighted by molar-refractivity contribution is 5.69. The molecule has 0 radical (unpaired) electrons. The van der Waals surface area contributed by atoms with E-state index in [0.717, 1.165) is 0 Å². The predicted molar refractivity (Wildman–Crippen MR) is 166 cm³/mol. The summed E-state index contributed by atoms with van der Waals surface area (Å²) in [6, 6.07) is 0. The number of allylic oxidation sites excluding steroid dienone is 11. The molecule has 1 rings (SSSR count). The Labute approximate surface area is 250 Å². The first kappa shape index (κ1) is 37.2. The first-order valence-corrected chi connectivity index (χ1v) is 14.7. The van der Waals surface area contributed by atoms with Crippen molar-refractivity contribution in [2.24, 2.45) is 0 Å². The number of rotatable bonds is 0. The number of aliphatic hydroxyl groups excluding tert-OH is 6. The minimum Gasteiger partial charge on any atom is -0.463 e. The van der Waals surface area contributed by atoms with Crippen LogP contribution in [0.4, 0.5) is 0 Å². The molecule has 0 amide bonds. The van der Waals surface area contributed by atoms with Gasteiger partial charge >= 0.3 is 5.97 Å². The van der Waals surface area contributed by atoms with Crippen LogP contribution in [0.1, 0.15) is 64.7 Å². The molecule has 0 aromatic rings. The molecule has 7 atom stereocenters. The molecular weight excluding hydrogens is 536 g/mol. The Kier molecular flexibility index (Phi) is 21.0. The van der Waals surface area contributed by atoms with E-state index in [2.05, 4.69) is 0 Å². The molecule has 0 aromatic heterocycles. The zero-order valence-corrected chi connectivity index (χ0v) is 24.6. The van der Waals surface area contributed by atoms with Crippen molar-refractivity contribution in [1.82, 2.24) is 0 Å². The molecule has 0 fully saturated rings. The number of aliphatic hydroxyl groups is 6. The number of carbonyl (C=O) groups excluding carboxylic acids is 1. The Bertz CT molecular complexity index is 959. The fraction of sp³-hybridized carbons (Fsp3) is 0.500. The van der Waals surface area contributed by atoms with Crippen molar-refractivity contribution in [2.75, 3.05) is 0 Å². The van der Waals surface area contributed by atoms with Crippen LogP contribution in [0.5, 0.6) is 0 Å². The topological polar surface area (TPSA) is 148 Å². The molecule has 0 aliphatic carbocycles. The minimum absolute atomic E-state index is 0.0687. The summed E-state index contributed by atoms with van der Waals surface area (Å²) in [5.41, 5.74) is 0. The van der Waals surface area contributed by atoms with Crippen molar-refractivity contribution in [3.8, 4) is 0 Å². The van der Waals surface area contributed by atoms with E-state index < -0.39 is 42.7 Å². The van der Waals surface area contributed by atoms with Gasteiger partial charge in [-0.1, -0.05) is 97.2 Å². The van der Waals surface area contributed by atoms with Crippen LogP contribution in [-0.4, -0.2) is 79.3 Å². The molecule has 0 aromatic carbocycles. The summed E-state index contributed by atoms with van der Waals surface area (Å²) in [4.78, 5) is 12.1. The highest BCUT2D eigenvalue weighted by Crippen LogP contribution is 2.13. The summed E-state index contributed by atoms with van der Waals surface area (Å²) in [6.45, 7) is 1.71. The first-order chi connectivity index (χ1) is 20.2. The third-order valence-corrected chi connectivity index (χ3v) is 6.24. The molecule has 1 heterocycles. The molecule has 6 N–H and O–H groups in total. The molecule has 0 saturated heterocycles. The summed E-state index contributed by atoms with van der Waals surface area (Å²) in [6.07, 6.45) is 25.2. The van der Waals surface area contributed by atoms with Crippen molar-refractivity contribution in [3.05, 3.63) is 97.2 Å². The quantitative estimate of drug-likeness (QED) is 0.184. The fourth-order valence-electron chi connectivity index (χ4n) is 4.13. The predicted octanol–water partition coefficient (Wildman–Crippen LogP) is 4.06. The first-order valence-electron chi connectivity index (χ1n) is 14.7. The Morgan fingerprint density at radius 1 is 0.548 bits per heavy atom. The van der Waals surface area contributed by atoms with Gasteiger partial charge in [-0.2, -0.15) is 0 Å². The van der Waals surface area contributed by atoms with Crippen LogP contribution < -0.4 is 0 Å². The molecule has 234 valence electrons. The average Bonchev–Trinajstić information content (AvgIpc) is 2.89. The van der Waals surface area contributed by atoms with Gasteiger partial charge in [-0.15, -0.1) is 0 Å². The zero-order valence-electron chi connectivity index (χ0n) is 24.6. The van der Waals surface area contributed by atoms with E-state index in [1.54, 1.807) is 19.1 Å². The molecule has 0 bridgehead atoms. The molecular formula is C34H50O8. The molecule has 8 nitrogen and oxygen atoms in total. The summed E-state index contributed by atoms with van der Waals surface area (Å²) in [5, 5.41) is 61.0. The standard InChI is InChI=1S/C34H50O8/c1-27-23-32(39)24-30(37)20-15-18-28(35)19-16-21-31(38)26-33(40)25-29(36)17-13-11-9-7-5-3-2-4-6-8-10-12-14-22-34(41)42-27/h2-13,15-16,18,21,27-33,35-40H,14,17,19-20,22-26H2,1H3/b4-2+,5-3+,8-6+,9-7+,12-10+,13-11+,18-15+,21-16+/t27-,28+,29-,30-,31+,32+,33-/m0/s1. The maximum Gasteiger partial charge on any atom is 0.306 e. The maximum absolute atomic E-state index is 12.1. The minimum atomic E-state index is -0.914. The number of cyclic esters (lactones) is 1. The van der Waals surface area contributed by atoms with Crippen LogP contribution in [0.15, 0.2) is 97.2 Å². The van der Waals surface area contributed by atoms with Gasteiger partial charge < -0.3 is 35.4 Å². The molecule has 0 spiro atoms. The van der Waals surface area contributed by atoms with Gasteiger partial charge in [0.15, 0.2) is 0 Å². The van der Waals surface area contributed by atoms with E-state index in [1.165, 1.54) is 12.2 Å². The molecule has 0 saturated carbocycles. The second-order valence-electron chi connectivity index (χ2n) is 10.5. The lowest BCUT2D eigenvalue weighted by Gasteiger charge is -2.19. The van der Waals surface area contributed by atoms with Crippen molar-refractivity contribution >= 4 is 5.97 Å². The normalized spacial score (nSPS) is 37.1. The van der Waals surface area contributed by atoms with Gasteiger partial charge in [-0.3, -0.25) is 4.79 Å². The zero-order chi connectivity index (χ0) is 31.0. The number of hydrogen-bond donors (Lipinski definition) is 6. The van der Waals surface area contributed by atoms with Crippen molar-refractivity contribution in [1.29, 1.82) is 0 Å². The molecule has 42 heavy (non-hydrogen) atoms. The summed E-state index contributed by atoms with van der Waals surface area (Å²) < 4.78 is 5.35. The van der Waals surface area contributed by atoms with E-state index in [4.69, 9.17) is 4.74 Å². The molecule has 0 unspecified atom stereocenters. The number of esters is 1. The summed E-state index contributed by atoms with van der Waals surface area (Å²) in [5.74, 6) is -0.347. The lowest BCUT2D eigenvalue weighted by atomic mass is 10.0. The van der Waals surface area contributed by atoms with Crippen molar-refractivity contribution in [2.45, 2.75) is 107 Å². The molecule has 1 aliphatic heterocycles. The average molecular weight is 587 g/mol. The highest BCUT2D eigenvalue weighted by atomic mass is 16.5. The molecule has 1 aliphatic rings. The van der Waals surface area contributed by atoms with E-state index in [0.29, 0.717) is 12.8 Å². The third-order valence-electron chi connectivity index (χ3n) is 6.24. The van der Waals surface area contributed by atoms with Gasteiger partial charge in [0.1, 0.15) is 6.10 Å². The lowest BCUT2D eigenvalue weighted by molar-refractivity contribution is -0.149. The van der Waals surface area contributed by atoms with E-state index in [-0.39, 0.29) is 50.9 Å². The van der Waals surface area contributed by atoms with Crippen LogP contribution in [0.2, 0.25) is 0 Å². The van der Waals surface area contributed by atoms with Gasteiger partial charge in [0.05, 0.1) is 36.6 Å². The van der Waals surface area contributed by atoms with Crippen LogP contribution in [0.3, 0.4) is 0 Å². The fourth-order valence-corrected chi connectivity index (χ4v) is 4.13. The Morgan fingerprint density at radius 2 is 1.02 bits per heavy atom. The van der Waals surface area contributed by atoms with E-state index in [9.17, 15) is 35.4 Å². The van der Waals surface area contributed by atoms with Gasteiger partial charge in [-0.25, -0.2) is 0 Å². The second kappa shape index (κ2) is 23.7. The maximum atomic E-state index is 12.1. The van der Waals surface area contributed by atoms with Crippen LogP contribution in [0.25, 0.3) is 0 Å². The van der Waals surface area contributed by atoms with E-state index in [1.807, 2.05) is 72.9 Å². The smallest absolute Gasteiger partial charge is 0.306 e.